The predicted molar refractivity (Wildman–Crippen MR) is 75.1 cm³/mol. The van der Waals surface area contributed by atoms with Crippen molar-refractivity contribution in [2.24, 2.45) is 0 Å². The zero-order valence-corrected chi connectivity index (χ0v) is 12.3. The van der Waals surface area contributed by atoms with E-state index >= 15 is 0 Å². The Labute approximate surface area is 108 Å². The molecule has 0 aromatic carbocycles. The Kier molecular flexibility index (Phi) is 10.3. The van der Waals surface area contributed by atoms with Crippen LogP contribution in [0.4, 0.5) is 0 Å². The van der Waals surface area contributed by atoms with Gasteiger partial charge in [0.25, 0.3) is 0 Å². The molecule has 0 saturated carbocycles. The highest BCUT2D eigenvalue weighted by molar-refractivity contribution is 5.76. The van der Waals surface area contributed by atoms with Gasteiger partial charge in [-0.15, -0.1) is 0 Å². The van der Waals surface area contributed by atoms with E-state index in [-0.39, 0.29) is 0 Å². The Morgan fingerprint density at radius 1 is 0.941 bits per heavy atom. The van der Waals surface area contributed by atoms with Crippen LogP contribution in [-0.4, -0.2) is 23.4 Å². The summed E-state index contributed by atoms with van der Waals surface area (Å²) in [5, 5.41) is 0. The second kappa shape index (κ2) is 10.6. The highest BCUT2D eigenvalue weighted by Crippen LogP contribution is 2.16. The molecule has 2 nitrogen and oxygen atoms in total. The van der Waals surface area contributed by atoms with Crippen molar-refractivity contribution in [1.82, 2.24) is 4.90 Å². The van der Waals surface area contributed by atoms with Gasteiger partial charge in [0.15, 0.2) is 0 Å². The van der Waals surface area contributed by atoms with Crippen LogP contribution in [0.3, 0.4) is 0 Å². The molecule has 0 bridgehead atoms. The fourth-order valence-corrected chi connectivity index (χ4v) is 2.32. The molecule has 0 radical (unpaired) electrons. The van der Waals surface area contributed by atoms with E-state index < -0.39 is 0 Å². The van der Waals surface area contributed by atoms with Gasteiger partial charge >= 0.3 is 0 Å². The van der Waals surface area contributed by atoms with Crippen molar-refractivity contribution in [3.8, 4) is 0 Å². The summed E-state index contributed by atoms with van der Waals surface area (Å²) in [4.78, 5) is 14.3. The van der Waals surface area contributed by atoms with Crippen LogP contribution >= 0.6 is 0 Å². The van der Waals surface area contributed by atoms with Crippen LogP contribution in [0, 0.1) is 0 Å². The molecule has 17 heavy (non-hydrogen) atoms. The SMILES string of the molecule is CCCCN(C(=O)CCC)C(CCC)CCC. The van der Waals surface area contributed by atoms with Gasteiger partial charge < -0.3 is 4.90 Å². The van der Waals surface area contributed by atoms with Gasteiger partial charge in [0.1, 0.15) is 0 Å². The fraction of sp³-hybridized carbons (Fsp3) is 0.933. The van der Waals surface area contributed by atoms with Crippen LogP contribution in [0.25, 0.3) is 0 Å². The molecule has 2 heteroatoms. The van der Waals surface area contributed by atoms with E-state index in [4.69, 9.17) is 0 Å². The normalized spacial score (nSPS) is 10.9. The summed E-state index contributed by atoms with van der Waals surface area (Å²) in [6.45, 7) is 9.66. The number of hydrogen-bond acceptors (Lipinski definition) is 1. The smallest absolute Gasteiger partial charge is 0.222 e. The van der Waals surface area contributed by atoms with Crippen LogP contribution in [0.2, 0.25) is 0 Å². The number of amides is 1. The highest BCUT2D eigenvalue weighted by Gasteiger charge is 2.20. The van der Waals surface area contributed by atoms with Gasteiger partial charge in [0.05, 0.1) is 0 Å². The highest BCUT2D eigenvalue weighted by atomic mass is 16.2. The zero-order chi connectivity index (χ0) is 13.1. The molecule has 1 amide bonds. The number of unbranched alkanes of at least 4 members (excludes halogenated alkanes) is 1. The number of carbonyl (C=O) groups excluding carboxylic acids is 1. The minimum absolute atomic E-state index is 0.368. The molecule has 0 heterocycles. The second-order valence-corrected chi connectivity index (χ2v) is 4.92. The first kappa shape index (κ1) is 16.5. The van der Waals surface area contributed by atoms with Crippen molar-refractivity contribution in [2.75, 3.05) is 6.54 Å². The van der Waals surface area contributed by atoms with Gasteiger partial charge in [0.2, 0.25) is 5.91 Å². The maximum absolute atomic E-state index is 12.2. The van der Waals surface area contributed by atoms with E-state index in [9.17, 15) is 4.79 Å². The summed E-state index contributed by atoms with van der Waals surface area (Å²) < 4.78 is 0. The van der Waals surface area contributed by atoms with Crippen molar-refractivity contribution in [3.63, 3.8) is 0 Å². The first-order valence-corrected chi connectivity index (χ1v) is 7.50. The van der Waals surface area contributed by atoms with E-state index in [0.29, 0.717) is 18.4 Å². The molecular weight excluding hydrogens is 210 g/mol. The average Bonchev–Trinajstić information content (AvgIpc) is 2.30. The molecule has 0 saturated heterocycles. The molecule has 0 unspecified atom stereocenters. The zero-order valence-electron chi connectivity index (χ0n) is 12.3. The largest absolute Gasteiger partial charge is 0.340 e. The predicted octanol–water partition coefficient (Wildman–Crippen LogP) is 4.38. The van der Waals surface area contributed by atoms with Crippen molar-refractivity contribution >= 4 is 5.91 Å². The van der Waals surface area contributed by atoms with Gasteiger partial charge in [-0.3, -0.25) is 4.79 Å². The lowest BCUT2D eigenvalue weighted by Crippen LogP contribution is -2.40. The summed E-state index contributed by atoms with van der Waals surface area (Å²) in [6, 6.07) is 0.482. The molecule has 0 aliphatic carbocycles. The van der Waals surface area contributed by atoms with Crippen molar-refractivity contribution < 1.29 is 4.79 Å². The van der Waals surface area contributed by atoms with Crippen molar-refractivity contribution in [1.29, 1.82) is 0 Å². The Bertz CT molecular complexity index is 185. The van der Waals surface area contributed by atoms with Gasteiger partial charge in [0, 0.05) is 19.0 Å². The topological polar surface area (TPSA) is 20.3 Å². The molecule has 0 atom stereocenters. The standard InChI is InChI=1S/C15H31NO/c1-5-9-13-16(15(17)12-8-4)14(10-6-2)11-7-3/h14H,5-13H2,1-4H3. The Morgan fingerprint density at radius 3 is 1.94 bits per heavy atom. The fourth-order valence-electron chi connectivity index (χ4n) is 2.32. The molecule has 0 spiro atoms. The maximum Gasteiger partial charge on any atom is 0.222 e. The maximum atomic E-state index is 12.2. The quantitative estimate of drug-likeness (QED) is 0.555. The minimum atomic E-state index is 0.368. The first-order valence-electron chi connectivity index (χ1n) is 7.50. The van der Waals surface area contributed by atoms with Crippen LogP contribution in [-0.2, 0) is 4.79 Å². The lowest BCUT2D eigenvalue weighted by Gasteiger charge is -2.32. The van der Waals surface area contributed by atoms with E-state index in [1.54, 1.807) is 0 Å². The van der Waals surface area contributed by atoms with Gasteiger partial charge in [-0.25, -0.2) is 0 Å². The molecule has 0 rings (SSSR count). The summed E-state index contributed by atoms with van der Waals surface area (Å²) in [5.41, 5.74) is 0. The third-order valence-electron chi connectivity index (χ3n) is 3.22. The monoisotopic (exact) mass is 241 g/mol. The molecule has 0 aliphatic heterocycles. The molecule has 0 N–H and O–H groups in total. The van der Waals surface area contributed by atoms with Crippen LogP contribution < -0.4 is 0 Å². The lowest BCUT2D eigenvalue weighted by atomic mass is 10.0. The molecule has 0 aromatic rings. The first-order chi connectivity index (χ1) is 8.21. The van der Waals surface area contributed by atoms with Crippen LogP contribution in [0.15, 0.2) is 0 Å². The second-order valence-electron chi connectivity index (χ2n) is 4.92. The summed E-state index contributed by atoms with van der Waals surface area (Å²) in [5.74, 6) is 0.368. The molecule has 0 fully saturated rings. The molecule has 0 aromatic heterocycles. The van der Waals surface area contributed by atoms with E-state index in [1.807, 2.05) is 0 Å². The number of rotatable bonds is 10. The third-order valence-corrected chi connectivity index (χ3v) is 3.22. The average molecular weight is 241 g/mol. The van der Waals surface area contributed by atoms with Crippen molar-refractivity contribution in [2.45, 2.75) is 85.1 Å². The molecular formula is C15H31NO. The molecule has 0 aliphatic rings. The summed E-state index contributed by atoms with van der Waals surface area (Å²) in [7, 11) is 0. The van der Waals surface area contributed by atoms with E-state index in [1.165, 1.54) is 19.3 Å². The number of hydrogen-bond donors (Lipinski definition) is 0. The Balaban J connectivity index is 4.52. The van der Waals surface area contributed by atoms with E-state index in [0.717, 1.165) is 32.2 Å². The Hall–Kier alpha value is -0.530. The van der Waals surface area contributed by atoms with Gasteiger partial charge in [-0.05, 0) is 25.7 Å². The van der Waals surface area contributed by atoms with Crippen molar-refractivity contribution in [3.05, 3.63) is 0 Å². The Morgan fingerprint density at radius 2 is 1.53 bits per heavy atom. The lowest BCUT2D eigenvalue weighted by molar-refractivity contribution is -0.134. The number of nitrogens with zero attached hydrogens (tertiary/aromatic N) is 1. The van der Waals surface area contributed by atoms with Gasteiger partial charge in [-0.1, -0.05) is 47.0 Å². The summed E-state index contributed by atoms with van der Waals surface area (Å²) in [6.07, 6.45) is 8.65. The molecule has 102 valence electrons. The summed E-state index contributed by atoms with van der Waals surface area (Å²) >= 11 is 0. The van der Waals surface area contributed by atoms with Gasteiger partial charge in [-0.2, -0.15) is 0 Å². The van der Waals surface area contributed by atoms with Crippen LogP contribution in [0.1, 0.15) is 79.1 Å². The van der Waals surface area contributed by atoms with Crippen LogP contribution in [0.5, 0.6) is 0 Å². The third kappa shape index (κ3) is 6.70. The van der Waals surface area contributed by atoms with E-state index in [2.05, 4.69) is 32.6 Å². The number of carbonyl (C=O) groups is 1. The minimum Gasteiger partial charge on any atom is -0.340 e.